The Kier molecular flexibility index (Phi) is 3.32. The monoisotopic (exact) mass is 247 g/mol. The standard InChI is InChI=1S/C13H21N5/c14-11-4-3-7-18(9-11)13-8-12(15-10-16-13)17-5-1-2-6-17/h8,10-11H,1-7,9,14H2/t11-/m0/s1. The van der Waals surface area contributed by atoms with Crippen molar-refractivity contribution in [2.75, 3.05) is 36.0 Å². The number of aromatic nitrogens is 2. The summed E-state index contributed by atoms with van der Waals surface area (Å²) in [7, 11) is 0. The van der Waals surface area contributed by atoms with Crippen LogP contribution in [0.4, 0.5) is 11.6 Å². The molecule has 0 unspecified atom stereocenters. The van der Waals surface area contributed by atoms with Crippen LogP contribution in [0.15, 0.2) is 12.4 Å². The molecule has 3 heterocycles. The Morgan fingerprint density at radius 1 is 1.00 bits per heavy atom. The molecule has 2 aliphatic heterocycles. The zero-order valence-corrected chi connectivity index (χ0v) is 10.8. The second-order valence-corrected chi connectivity index (χ2v) is 5.28. The van der Waals surface area contributed by atoms with Crippen LogP contribution in [-0.4, -0.2) is 42.2 Å². The van der Waals surface area contributed by atoms with Crippen LogP contribution in [-0.2, 0) is 0 Å². The first-order valence-corrected chi connectivity index (χ1v) is 6.90. The van der Waals surface area contributed by atoms with Crippen molar-refractivity contribution in [1.29, 1.82) is 0 Å². The third-order valence-corrected chi connectivity index (χ3v) is 3.85. The van der Waals surface area contributed by atoms with Gasteiger partial charge in [0.05, 0.1) is 0 Å². The average Bonchev–Trinajstić information content (AvgIpc) is 2.93. The Balaban J connectivity index is 1.77. The van der Waals surface area contributed by atoms with E-state index in [2.05, 4.69) is 25.8 Å². The first-order chi connectivity index (χ1) is 8.83. The highest BCUT2D eigenvalue weighted by atomic mass is 15.2. The molecule has 0 bridgehead atoms. The Morgan fingerprint density at radius 2 is 1.67 bits per heavy atom. The molecule has 5 nitrogen and oxygen atoms in total. The molecule has 1 aromatic heterocycles. The lowest BCUT2D eigenvalue weighted by Crippen LogP contribution is -2.43. The maximum atomic E-state index is 6.03. The van der Waals surface area contributed by atoms with E-state index in [1.807, 2.05) is 0 Å². The minimum Gasteiger partial charge on any atom is -0.356 e. The summed E-state index contributed by atoms with van der Waals surface area (Å²) >= 11 is 0. The number of rotatable bonds is 2. The molecular formula is C13H21N5. The van der Waals surface area contributed by atoms with Crippen LogP contribution >= 0.6 is 0 Å². The summed E-state index contributed by atoms with van der Waals surface area (Å²) in [6.45, 7) is 4.21. The largest absolute Gasteiger partial charge is 0.356 e. The minimum absolute atomic E-state index is 0.281. The van der Waals surface area contributed by atoms with Gasteiger partial charge < -0.3 is 15.5 Å². The summed E-state index contributed by atoms with van der Waals surface area (Å²) < 4.78 is 0. The molecule has 18 heavy (non-hydrogen) atoms. The van der Waals surface area contributed by atoms with Crippen LogP contribution in [0.3, 0.4) is 0 Å². The van der Waals surface area contributed by atoms with Gasteiger partial charge in [0.15, 0.2) is 0 Å². The third-order valence-electron chi connectivity index (χ3n) is 3.85. The van der Waals surface area contributed by atoms with Crippen molar-refractivity contribution in [2.24, 2.45) is 5.73 Å². The molecule has 3 rings (SSSR count). The Bertz CT molecular complexity index is 402. The lowest BCUT2D eigenvalue weighted by Gasteiger charge is -2.32. The molecule has 98 valence electrons. The summed E-state index contributed by atoms with van der Waals surface area (Å²) in [4.78, 5) is 13.4. The van der Waals surface area contributed by atoms with Gasteiger partial charge in [0.1, 0.15) is 18.0 Å². The zero-order valence-electron chi connectivity index (χ0n) is 10.8. The second-order valence-electron chi connectivity index (χ2n) is 5.28. The highest BCUT2D eigenvalue weighted by Crippen LogP contribution is 2.23. The number of hydrogen-bond donors (Lipinski definition) is 1. The second kappa shape index (κ2) is 5.10. The molecule has 0 spiro atoms. The van der Waals surface area contributed by atoms with E-state index in [4.69, 9.17) is 5.73 Å². The minimum atomic E-state index is 0.281. The third kappa shape index (κ3) is 2.41. The highest BCUT2D eigenvalue weighted by Gasteiger charge is 2.20. The van der Waals surface area contributed by atoms with Gasteiger partial charge in [-0.3, -0.25) is 0 Å². The van der Waals surface area contributed by atoms with Gasteiger partial charge in [0.2, 0.25) is 0 Å². The van der Waals surface area contributed by atoms with Crippen molar-refractivity contribution in [3.8, 4) is 0 Å². The Hall–Kier alpha value is -1.36. The fraction of sp³-hybridized carbons (Fsp3) is 0.692. The molecule has 2 saturated heterocycles. The van der Waals surface area contributed by atoms with E-state index in [1.165, 1.54) is 12.8 Å². The summed E-state index contributed by atoms with van der Waals surface area (Å²) in [5, 5.41) is 0. The molecule has 1 aromatic rings. The number of piperidine rings is 1. The molecular weight excluding hydrogens is 226 g/mol. The lowest BCUT2D eigenvalue weighted by molar-refractivity contribution is 0.503. The Morgan fingerprint density at radius 3 is 2.39 bits per heavy atom. The molecule has 0 aliphatic carbocycles. The molecule has 0 aromatic carbocycles. The van der Waals surface area contributed by atoms with Gasteiger partial charge in [-0.15, -0.1) is 0 Å². The van der Waals surface area contributed by atoms with E-state index >= 15 is 0 Å². The maximum absolute atomic E-state index is 6.03. The topological polar surface area (TPSA) is 58.3 Å². The lowest BCUT2D eigenvalue weighted by atomic mass is 10.1. The van der Waals surface area contributed by atoms with Gasteiger partial charge in [0, 0.05) is 38.3 Å². The van der Waals surface area contributed by atoms with E-state index in [0.717, 1.165) is 50.7 Å². The zero-order chi connectivity index (χ0) is 12.4. The number of nitrogens with zero attached hydrogens (tertiary/aromatic N) is 4. The van der Waals surface area contributed by atoms with E-state index < -0.39 is 0 Å². The molecule has 2 N–H and O–H groups in total. The van der Waals surface area contributed by atoms with E-state index in [0.29, 0.717) is 0 Å². The fourth-order valence-corrected chi connectivity index (χ4v) is 2.85. The van der Waals surface area contributed by atoms with E-state index in [9.17, 15) is 0 Å². The number of nitrogens with two attached hydrogens (primary N) is 1. The first kappa shape index (κ1) is 11.7. The summed E-state index contributed by atoms with van der Waals surface area (Å²) in [5.74, 6) is 2.10. The summed E-state index contributed by atoms with van der Waals surface area (Å²) in [6, 6.07) is 2.40. The smallest absolute Gasteiger partial charge is 0.134 e. The summed E-state index contributed by atoms with van der Waals surface area (Å²) in [5.41, 5.74) is 6.03. The van der Waals surface area contributed by atoms with Gasteiger partial charge in [-0.05, 0) is 25.7 Å². The maximum Gasteiger partial charge on any atom is 0.134 e. The van der Waals surface area contributed by atoms with Crippen LogP contribution in [0.5, 0.6) is 0 Å². The molecule has 1 atom stereocenters. The molecule has 5 heteroatoms. The van der Waals surface area contributed by atoms with Crippen LogP contribution < -0.4 is 15.5 Å². The molecule has 0 amide bonds. The van der Waals surface area contributed by atoms with E-state index in [1.54, 1.807) is 6.33 Å². The summed E-state index contributed by atoms with van der Waals surface area (Å²) in [6.07, 6.45) is 6.51. The number of hydrogen-bond acceptors (Lipinski definition) is 5. The van der Waals surface area contributed by atoms with Gasteiger partial charge in [-0.2, -0.15) is 0 Å². The van der Waals surface area contributed by atoms with Gasteiger partial charge in [-0.1, -0.05) is 0 Å². The normalized spacial score (nSPS) is 24.6. The number of anilines is 2. The predicted octanol–water partition coefficient (Wildman–Crippen LogP) is 1.00. The molecule has 2 fully saturated rings. The van der Waals surface area contributed by atoms with Crippen LogP contribution in [0.1, 0.15) is 25.7 Å². The van der Waals surface area contributed by atoms with Crippen molar-refractivity contribution in [2.45, 2.75) is 31.7 Å². The predicted molar refractivity (Wildman–Crippen MR) is 72.9 cm³/mol. The highest BCUT2D eigenvalue weighted by molar-refractivity contribution is 5.50. The van der Waals surface area contributed by atoms with Crippen molar-refractivity contribution >= 4 is 11.6 Å². The van der Waals surface area contributed by atoms with E-state index in [-0.39, 0.29) is 6.04 Å². The van der Waals surface area contributed by atoms with Crippen LogP contribution in [0, 0.1) is 0 Å². The van der Waals surface area contributed by atoms with Gasteiger partial charge in [0.25, 0.3) is 0 Å². The molecule has 0 radical (unpaired) electrons. The van der Waals surface area contributed by atoms with Crippen molar-refractivity contribution in [3.63, 3.8) is 0 Å². The first-order valence-electron chi connectivity index (χ1n) is 6.90. The average molecular weight is 247 g/mol. The van der Waals surface area contributed by atoms with Crippen molar-refractivity contribution in [1.82, 2.24) is 9.97 Å². The SMILES string of the molecule is N[C@H]1CCCN(c2cc(N3CCCC3)ncn2)C1. The molecule has 0 saturated carbocycles. The Labute approximate surface area is 108 Å². The quantitative estimate of drug-likeness (QED) is 0.845. The van der Waals surface area contributed by atoms with Crippen LogP contribution in [0.2, 0.25) is 0 Å². The molecule has 2 aliphatic rings. The van der Waals surface area contributed by atoms with Gasteiger partial charge in [-0.25, -0.2) is 9.97 Å². The fourth-order valence-electron chi connectivity index (χ4n) is 2.85. The van der Waals surface area contributed by atoms with Crippen LogP contribution in [0.25, 0.3) is 0 Å². The van der Waals surface area contributed by atoms with Gasteiger partial charge >= 0.3 is 0 Å². The van der Waals surface area contributed by atoms with Crippen molar-refractivity contribution < 1.29 is 0 Å². The van der Waals surface area contributed by atoms with Crippen molar-refractivity contribution in [3.05, 3.63) is 12.4 Å².